The number of aryl methyl sites for hydroxylation is 1. The Kier molecular flexibility index (Phi) is 8.84. The quantitative estimate of drug-likeness (QED) is 0.210. The second kappa shape index (κ2) is 12.7. The van der Waals surface area contributed by atoms with Gasteiger partial charge in [0.2, 0.25) is 5.95 Å². The van der Waals surface area contributed by atoms with Crippen LogP contribution in [0.1, 0.15) is 43.5 Å². The van der Waals surface area contributed by atoms with Crippen molar-refractivity contribution in [2.45, 2.75) is 46.5 Å². The number of carboxylic acids is 1. The molecule has 1 aliphatic heterocycles. The molecule has 0 radical (unpaired) electrons. The van der Waals surface area contributed by atoms with Crippen molar-refractivity contribution in [1.29, 1.82) is 0 Å². The first-order valence-corrected chi connectivity index (χ1v) is 14.3. The SMILES string of the molecule is Cc1nc(Nc2ncccn2)c(-c2ccc(OCCc3ccc(F)cc3)c(F)c2)c(N2CCC(C)(C)CC2)c1CC(=O)O. The van der Waals surface area contributed by atoms with E-state index in [4.69, 9.17) is 9.72 Å². The number of carbonyl (C=O) groups is 1. The summed E-state index contributed by atoms with van der Waals surface area (Å²) in [5.74, 6) is -1.06. The van der Waals surface area contributed by atoms with E-state index in [2.05, 4.69) is 34.0 Å². The highest BCUT2D eigenvalue weighted by molar-refractivity contribution is 5.92. The Morgan fingerprint density at radius 3 is 2.42 bits per heavy atom. The average molecular weight is 588 g/mol. The molecule has 2 aromatic heterocycles. The van der Waals surface area contributed by atoms with Crippen molar-refractivity contribution < 1.29 is 23.4 Å². The summed E-state index contributed by atoms with van der Waals surface area (Å²) in [5.41, 5.74) is 3.99. The maximum absolute atomic E-state index is 15.6. The summed E-state index contributed by atoms with van der Waals surface area (Å²) in [5, 5.41) is 13.0. The molecule has 0 saturated carbocycles. The lowest BCUT2D eigenvalue weighted by Crippen LogP contribution is -2.38. The van der Waals surface area contributed by atoms with Gasteiger partial charge >= 0.3 is 5.97 Å². The van der Waals surface area contributed by atoms with Crippen molar-refractivity contribution in [3.05, 3.63) is 89.4 Å². The molecule has 4 aromatic rings. The molecule has 0 atom stereocenters. The van der Waals surface area contributed by atoms with E-state index >= 15 is 4.39 Å². The average Bonchev–Trinajstić information content (AvgIpc) is 2.97. The largest absolute Gasteiger partial charge is 0.490 e. The fourth-order valence-corrected chi connectivity index (χ4v) is 5.31. The Morgan fingerprint density at radius 2 is 1.77 bits per heavy atom. The zero-order chi connectivity index (χ0) is 30.6. The van der Waals surface area contributed by atoms with Crippen LogP contribution in [-0.4, -0.2) is 45.7 Å². The van der Waals surface area contributed by atoms with Crippen LogP contribution in [-0.2, 0) is 17.6 Å². The third kappa shape index (κ3) is 7.25. The smallest absolute Gasteiger partial charge is 0.307 e. The molecule has 0 amide bonds. The third-order valence-electron chi connectivity index (χ3n) is 7.82. The summed E-state index contributed by atoms with van der Waals surface area (Å²) in [4.78, 5) is 27.5. The highest BCUT2D eigenvalue weighted by Gasteiger charge is 2.31. The zero-order valence-corrected chi connectivity index (χ0v) is 24.5. The normalized spacial score (nSPS) is 14.4. The number of carboxylic acid groups (broad SMARTS) is 1. The Morgan fingerprint density at radius 1 is 1.07 bits per heavy atom. The summed E-state index contributed by atoms with van der Waals surface area (Å²) in [6.07, 6.45) is 5.30. The number of rotatable bonds is 10. The number of hydrogen-bond donors (Lipinski definition) is 2. The monoisotopic (exact) mass is 587 g/mol. The van der Waals surface area contributed by atoms with E-state index in [0.717, 1.165) is 18.4 Å². The topological polar surface area (TPSA) is 100 Å². The fraction of sp³-hybridized carbons (Fsp3) is 0.333. The molecule has 43 heavy (non-hydrogen) atoms. The minimum atomic E-state index is -0.974. The molecular formula is C33H35F2N5O3. The number of pyridine rings is 1. The van der Waals surface area contributed by atoms with Gasteiger partial charge in [0.25, 0.3) is 0 Å². The molecule has 8 nitrogen and oxygen atoms in total. The van der Waals surface area contributed by atoms with E-state index in [1.54, 1.807) is 49.6 Å². The van der Waals surface area contributed by atoms with Gasteiger partial charge in [0.15, 0.2) is 11.6 Å². The predicted octanol–water partition coefficient (Wildman–Crippen LogP) is 6.74. The first-order chi connectivity index (χ1) is 20.6. The molecule has 3 heterocycles. The van der Waals surface area contributed by atoms with Crippen LogP contribution in [0.2, 0.25) is 0 Å². The van der Waals surface area contributed by atoms with Crippen LogP contribution >= 0.6 is 0 Å². The number of piperidine rings is 1. The van der Waals surface area contributed by atoms with Crippen LogP contribution in [0.3, 0.4) is 0 Å². The summed E-state index contributed by atoms with van der Waals surface area (Å²) < 4.78 is 34.6. The Labute approximate surface area is 249 Å². The Balaban J connectivity index is 1.56. The number of benzene rings is 2. The van der Waals surface area contributed by atoms with Crippen molar-refractivity contribution in [3.63, 3.8) is 0 Å². The molecule has 0 spiro atoms. The van der Waals surface area contributed by atoms with Crippen molar-refractivity contribution in [3.8, 4) is 16.9 Å². The number of nitrogens with zero attached hydrogens (tertiary/aromatic N) is 4. The molecule has 0 unspecified atom stereocenters. The van der Waals surface area contributed by atoms with Gasteiger partial charge in [0.05, 0.1) is 18.7 Å². The molecule has 1 fully saturated rings. The zero-order valence-electron chi connectivity index (χ0n) is 24.5. The molecule has 0 bridgehead atoms. The summed E-state index contributed by atoms with van der Waals surface area (Å²) >= 11 is 0. The van der Waals surface area contributed by atoms with E-state index in [9.17, 15) is 14.3 Å². The van der Waals surface area contributed by atoms with E-state index in [0.29, 0.717) is 59.3 Å². The lowest BCUT2D eigenvalue weighted by atomic mass is 9.82. The van der Waals surface area contributed by atoms with Gasteiger partial charge in [-0.2, -0.15) is 0 Å². The molecule has 1 aliphatic rings. The maximum atomic E-state index is 15.6. The van der Waals surface area contributed by atoms with Crippen molar-refractivity contribution in [2.24, 2.45) is 5.41 Å². The third-order valence-corrected chi connectivity index (χ3v) is 7.82. The van der Waals surface area contributed by atoms with Crippen molar-refractivity contribution in [1.82, 2.24) is 15.0 Å². The fourth-order valence-electron chi connectivity index (χ4n) is 5.31. The Hall–Kier alpha value is -4.60. The highest BCUT2D eigenvalue weighted by Crippen LogP contribution is 2.44. The summed E-state index contributed by atoms with van der Waals surface area (Å²) in [7, 11) is 0. The van der Waals surface area contributed by atoms with Gasteiger partial charge in [-0.25, -0.2) is 23.7 Å². The van der Waals surface area contributed by atoms with E-state index in [1.165, 1.54) is 18.2 Å². The number of aliphatic carboxylic acids is 1. The van der Waals surface area contributed by atoms with Crippen LogP contribution in [0.15, 0.2) is 60.9 Å². The molecule has 2 aromatic carbocycles. The molecule has 5 rings (SSSR count). The van der Waals surface area contributed by atoms with Gasteiger partial charge in [-0.1, -0.05) is 32.0 Å². The molecular weight excluding hydrogens is 552 g/mol. The number of halogens is 2. The van der Waals surface area contributed by atoms with Crippen LogP contribution in [0, 0.1) is 24.0 Å². The van der Waals surface area contributed by atoms with E-state index in [-0.39, 0.29) is 30.0 Å². The number of hydrogen-bond acceptors (Lipinski definition) is 7. The van der Waals surface area contributed by atoms with E-state index in [1.807, 2.05) is 0 Å². The molecule has 10 heteroatoms. The second-order valence-electron chi connectivity index (χ2n) is 11.5. The standard InChI is InChI=1S/C33H35F2N5O3/c1-21-25(20-28(41)42)30(40-16-12-33(2,3)13-17-40)29(31(38-21)39-32-36-14-4-15-37-32)23-7-10-27(26(35)19-23)43-18-11-22-5-8-24(34)9-6-22/h4-10,14-15,19H,11-13,16-18,20H2,1-3H3,(H,41,42)(H,36,37,38,39). The highest BCUT2D eigenvalue weighted by atomic mass is 19.1. The van der Waals surface area contributed by atoms with Crippen LogP contribution < -0.4 is 15.0 Å². The van der Waals surface area contributed by atoms with E-state index < -0.39 is 11.8 Å². The maximum Gasteiger partial charge on any atom is 0.307 e. The second-order valence-corrected chi connectivity index (χ2v) is 11.5. The summed E-state index contributed by atoms with van der Waals surface area (Å²) in [6, 6.07) is 12.5. The van der Waals surface area contributed by atoms with Crippen molar-refractivity contribution in [2.75, 3.05) is 29.9 Å². The summed E-state index contributed by atoms with van der Waals surface area (Å²) in [6.45, 7) is 7.88. The van der Waals surface area contributed by atoms with Gasteiger partial charge in [0.1, 0.15) is 11.6 Å². The first-order valence-electron chi connectivity index (χ1n) is 14.3. The molecule has 0 aliphatic carbocycles. The first kappa shape index (κ1) is 29.9. The van der Waals surface area contributed by atoms with Crippen LogP contribution in [0.25, 0.3) is 11.1 Å². The number of ether oxygens (including phenoxy) is 1. The minimum Gasteiger partial charge on any atom is -0.490 e. The molecule has 224 valence electrons. The lowest BCUT2D eigenvalue weighted by molar-refractivity contribution is -0.136. The van der Waals surface area contributed by atoms with Crippen molar-refractivity contribution >= 4 is 23.4 Å². The van der Waals surface area contributed by atoms with Gasteiger partial charge in [-0.05, 0) is 66.6 Å². The number of anilines is 3. The Bertz CT molecular complexity index is 1590. The number of nitrogens with one attached hydrogen (secondary N) is 1. The van der Waals surface area contributed by atoms with Crippen LogP contribution in [0.4, 0.5) is 26.2 Å². The molecule has 1 saturated heterocycles. The molecule has 2 N–H and O–H groups in total. The lowest BCUT2D eigenvalue weighted by Gasteiger charge is -2.40. The van der Waals surface area contributed by atoms with Gasteiger partial charge < -0.3 is 20.1 Å². The van der Waals surface area contributed by atoms with Crippen LogP contribution in [0.5, 0.6) is 5.75 Å². The van der Waals surface area contributed by atoms with Gasteiger partial charge in [-0.15, -0.1) is 0 Å². The minimum absolute atomic E-state index is 0.0823. The van der Waals surface area contributed by atoms with Gasteiger partial charge in [-0.3, -0.25) is 4.79 Å². The van der Waals surface area contributed by atoms with Gasteiger partial charge in [0, 0.05) is 48.7 Å². The predicted molar refractivity (Wildman–Crippen MR) is 162 cm³/mol. The number of aromatic nitrogens is 3.